The minimum Gasteiger partial charge on any atom is -0.368 e. The fourth-order valence-corrected chi connectivity index (χ4v) is 2.67. The van der Waals surface area contributed by atoms with Crippen LogP contribution in [-0.2, 0) is 7.05 Å². The number of nitrogens with one attached hydrogen (secondary N) is 3. The highest BCUT2D eigenvalue weighted by atomic mass is 15.3. The van der Waals surface area contributed by atoms with E-state index in [0.29, 0.717) is 6.04 Å². The molecule has 8 heteroatoms. The molecule has 2 aromatic rings. The second-order valence-electron chi connectivity index (χ2n) is 6.19. The van der Waals surface area contributed by atoms with Crippen LogP contribution in [0.15, 0.2) is 17.5 Å². The molecule has 0 radical (unpaired) electrons. The molecule has 2 heterocycles. The predicted octanol–water partition coefficient (Wildman–Crippen LogP) is 1.91. The summed E-state index contributed by atoms with van der Waals surface area (Å²) in [6.07, 6.45) is 8.27. The molecular formula is C17H30N8. The number of aryl methyl sites for hydroxylation is 1. The number of aromatic nitrogens is 4. The molecule has 3 N–H and O–H groups in total. The molecule has 1 atom stereocenters. The molecule has 1 unspecified atom stereocenters. The zero-order valence-electron chi connectivity index (χ0n) is 15.7. The highest BCUT2D eigenvalue weighted by Crippen LogP contribution is 2.16. The molecule has 138 valence electrons. The van der Waals surface area contributed by atoms with E-state index in [1.807, 2.05) is 7.05 Å². The lowest BCUT2D eigenvalue weighted by Gasteiger charge is -2.18. The summed E-state index contributed by atoms with van der Waals surface area (Å²) in [5, 5.41) is 15.2. The van der Waals surface area contributed by atoms with Gasteiger partial charge in [0, 0.05) is 33.2 Å². The number of rotatable bonds is 9. The van der Waals surface area contributed by atoms with Crippen molar-refractivity contribution in [3.8, 4) is 0 Å². The monoisotopic (exact) mass is 346 g/mol. The van der Waals surface area contributed by atoms with Crippen LogP contribution < -0.4 is 16.0 Å². The normalized spacial score (nSPS) is 13.0. The lowest BCUT2D eigenvalue weighted by molar-refractivity contribution is 0.547. The summed E-state index contributed by atoms with van der Waals surface area (Å²) < 4.78 is 1.74. The topological polar surface area (TPSA) is 92.1 Å². The van der Waals surface area contributed by atoms with Gasteiger partial charge >= 0.3 is 0 Å². The van der Waals surface area contributed by atoms with Crippen molar-refractivity contribution in [2.45, 2.75) is 45.6 Å². The third-order valence-electron chi connectivity index (χ3n) is 4.09. The van der Waals surface area contributed by atoms with Crippen LogP contribution in [0.5, 0.6) is 0 Å². The summed E-state index contributed by atoms with van der Waals surface area (Å²) in [6, 6.07) is 0.419. The van der Waals surface area contributed by atoms with Crippen LogP contribution in [0.25, 0.3) is 11.0 Å². The Morgan fingerprint density at radius 2 is 2.12 bits per heavy atom. The molecule has 0 aliphatic heterocycles. The first kappa shape index (κ1) is 19.0. The minimum absolute atomic E-state index is 0.419. The second-order valence-corrected chi connectivity index (χ2v) is 6.19. The molecule has 25 heavy (non-hydrogen) atoms. The summed E-state index contributed by atoms with van der Waals surface area (Å²) in [6.45, 7) is 5.89. The molecule has 0 saturated carbocycles. The summed E-state index contributed by atoms with van der Waals surface area (Å²) in [4.78, 5) is 12.8. The van der Waals surface area contributed by atoms with Gasteiger partial charge in [-0.25, -0.2) is 9.97 Å². The van der Waals surface area contributed by atoms with E-state index in [4.69, 9.17) is 0 Å². The Bertz CT molecular complexity index is 678. The van der Waals surface area contributed by atoms with Crippen LogP contribution in [-0.4, -0.2) is 51.9 Å². The number of nitrogens with zero attached hydrogens (tertiary/aromatic N) is 5. The zero-order valence-corrected chi connectivity index (χ0v) is 15.7. The molecule has 0 saturated heterocycles. The number of anilines is 1. The van der Waals surface area contributed by atoms with Crippen molar-refractivity contribution < 1.29 is 0 Å². The van der Waals surface area contributed by atoms with Gasteiger partial charge < -0.3 is 16.0 Å². The number of hydrogen-bond donors (Lipinski definition) is 3. The molecule has 2 rings (SSSR count). The Balaban J connectivity index is 1.75. The number of hydrogen-bond acceptors (Lipinski definition) is 5. The van der Waals surface area contributed by atoms with E-state index in [0.717, 1.165) is 42.3 Å². The SMILES string of the molecule is CCCCCC(C)NC(=NC)NCCNc1ncnc2c1cnn2C. The molecule has 0 aliphatic carbocycles. The second kappa shape index (κ2) is 9.80. The summed E-state index contributed by atoms with van der Waals surface area (Å²) in [7, 11) is 3.67. The maximum Gasteiger partial charge on any atom is 0.191 e. The fraction of sp³-hybridized carbons (Fsp3) is 0.647. The molecule has 0 bridgehead atoms. The Kier molecular flexibility index (Phi) is 7.43. The standard InChI is InChI=1S/C17H30N8/c1-5-6-7-8-13(2)24-17(18-3)20-10-9-19-15-14-11-23-25(4)16(14)22-12-21-15/h11-13H,5-10H2,1-4H3,(H2,18,20,24)(H,19,21,22). The van der Waals surface area contributed by atoms with Crippen LogP contribution in [0.1, 0.15) is 39.5 Å². The summed E-state index contributed by atoms with van der Waals surface area (Å²) in [5.74, 6) is 1.63. The summed E-state index contributed by atoms with van der Waals surface area (Å²) in [5.41, 5.74) is 0.823. The molecule has 0 aromatic carbocycles. The number of guanidine groups is 1. The van der Waals surface area contributed by atoms with Gasteiger partial charge in [-0.05, 0) is 13.3 Å². The van der Waals surface area contributed by atoms with Gasteiger partial charge in [-0.1, -0.05) is 26.2 Å². The first-order chi connectivity index (χ1) is 12.2. The molecule has 0 amide bonds. The van der Waals surface area contributed by atoms with Crippen molar-refractivity contribution in [2.75, 3.05) is 25.5 Å². The van der Waals surface area contributed by atoms with E-state index in [1.165, 1.54) is 19.3 Å². The van der Waals surface area contributed by atoms with E-state index in [1.54, 1.807) is 24.3 Å². The number of unbranched alkanes of at least 4 members (excludes halogenated alkanes) is 2. The largest absolute Gasteiger partial charge is 0.368 e. The van der Waals surface area contributed by atoms with Gasteiger partial charge in [0.1, 0.15) is 12.1 Å². The van der Waals surface area contributed by atoms with E-state index in [2.05, 4.69) is 49.9 Å². The van der Waals surface area contributed by atoms with E-state index in [-0.39, 0.29) is 0 Å². The van der Waals surface area contributed by atoms with Crippen molar-refractivity contribution in [3.63, 3.8) is 0 Å². The van der Waals surface area contributed by atoms with E-state index >= 15 is 0 Å². The molecule has 8 nitrogen and oxygen atoms in total. The summed E-state index contributed by atoms with van der Waals surface area (Å²) >= 11 is 0. The number of fused-ring (bicyclic) bond motifs is 1. The van der Waals surface area contributed by atoms with Crippen molar-refractivity contribution >= 4 is 22.8 Å². The molecule has 0 fully saturated rings. The van der Waals surface area contributed by atoms with Crippen LogP contribution in [0.3, 0.4) is 0 Å². The van der Waals surface area contributed by atoms with Gasteiger partial charge in [0.15, 0.2) is 11.6 Å². The lowest BCUT2D eigenvalue weighted by Crippen LogP contribution is -2.43. The lowest BCUT2D eigenvalue weighted by atomic mass is 10.1. The van der Waals surface area contributed by atoms with Crippen molar-refractivity contribution in [1.82, 2.24) is 30.4 Å². The van der Waals surface area contributed by atoms with Gasteiger partial charge in [0.2, 0.25) is 0 Å². The smallest absolute Gasteiger partial charge is 0.191 e. The van der Waals surface area contributed by atoms with Crippen molar-refractivity contribution in [2.24, 2.45) is 12.0 Å². The first-order valence-electron chi connectivity index (χ1n) is 8.99. The van der Waals surface area contributed by atoms with Crippen LogP contribution >= 0.6 is 0 Å². The van der Waals surface area contributed by atoms with E-state index < -0.39 is 0 Å². The first-order valence-corrected chi connectivity index (χ1v) is 8.99. The Hall–Kier alpha value is -2.38. The Morgan fingerprint density at radius 1 is 1.28 bits per heavy atom. The molecule has 0 spiro atoms. The van der Waals surface area contributed by atoms with Gasteiger partial charge in [-0.2, -0.15) is 5.10 Å². The maximum atomic E-state index is 4.30. The number of aliphatic imine (C=N–C) groups is 1. The Morgan fingerprint density at radius 3 is 2.88 bits per heavy atom. The van der Waals surface area contributed by atoms with Crippen molar-refractivity contribution in [3.05, 3.63) is 12.5 Å². The zero-order chi connectivity index (χ0) is 18.1. The predicted molar refractivity (Wildman–Crippen MR) is 103 cm³/mol. The fourth-order valence-electron chi connectivity index (χ4n) is 2.67. The average molecular weight is 346 g/mol. The van der Waals surface area contributed by atoms with Crippen LogP contribution in [0.4, 0.5) is 5.82 Å². The van der Waals surface area contributed by atoms with E-state index in [9.17, 15) is 0 Å². The highest BCUT2D eigenvalue weighted by molar-refractivity contribution is 5.86. The van der Waals surface area contributed by atoms with Gasteiger partial charge in [-0.3, -0.25) is 9.67 Å². The minimum atomic E-state index is 0.419. The molecule has 0 aliphatic rings. The average Bonchev–Trinajstić information content (AvgIpc) is 3.00. The molecular weight excluding hydrogens is 316 g/mol. The van der Waals surface area contributed by atoms with Gasteiger partial charge in [0.05, 0.1) is 11.6 Å². The highest BCUT2D eigenvalue weighted by Gasteiger charge is 2.07. The maximum absolute atomic E-state index is 4.30. The third-order valence-corrected chi connectivity index (χ3v) is 4.09. The quantitative estimate of drug-likeness (QED) is 0.365. The Labute approximate surface area is 149 Å². The third kappa shape index (κ3) is 5.58. The van der Waals surface area contributed by atoms with Crippen molar-refractivity contribution in [1.29, 1.82) is 0 Å². The van der Waals surface area contributed by atoms with Gasteiger partial charge in [-0.15, -0.1) is 0 Å². The van der Waals surface area contributed by atoms with Crippen LogP contribution in [0, 0.1) is 0 Å². The molecule has 2 aromatic heterocycles. The van der Waals surface area contributed by atoms with Crippen LogP contribution in [0.2, 0.25) is 0 Å². The van der Waals surface area contributed by atoms with Gasteiger partial charge in [0.25, 0.3) is 0 Å².